The Morgan fingerprint density at radius 3 is 2.74 bits per heavy atom. The molecule has 102 valence electrons. The van der Waals surface area contributed by atoms with Crippen LogP contribution < -0.4 is 5.32 Å². The number of rotatable bonds is 5. The van der Waals surface area contributed by atoms with Crippen molar-refractivity contribution in [2.45, 2.75) is 26.3 Å². The van der Waals surface area contributed by atoms with Gasteiger partial charge in [-0.05, 0) is 55.3 Å². The third-order valence-corrected chi connectivity index (χ3v) is 4.82. The largest absolute Gasteiger partial charge is 0.306 e. The smallest absolute Gasteiger partial charge is 0.0931 e. The van der Waals surface area contributed by atoms with Crippen LogP contribution in [0, 0.1) is 6.92 Å². The predicted octanol–water partition coefficient (Wildman–Crippen LogP) is 5.56. The fraction of sp³-hybridized carbons (Fsp3) is 0.333. The average Bonchev–Trinajstić information content (AvgIpc) is 2.80. The van der Waals surface area contributed by atoms with Gasteiger partial charge in [-0.15, -0.1) is 11.3 Å². The minimum Gasteiger partial charge on any atom is -0.306 e. The Morgan fingerprint density at radius 2 is 2.11 bits per heavy atom. The molecule has 0 bridgehead atoms. The molecule has 0 aliphatic rings. The highest BCUT2D eigenvalue weighted by atomic mass is 79.9. The third-order valence-electron chi connectivity index (χ3n) is 3.03. The van der Waals surface area contributed by atoms with Crippen LogP contribution >= 0.6 is 38.9 Å². The Labute approximate surface area is 132 Å². The molecule has 19 heavy (non-hydrogen) atoms. The zero-order chi connectivity index (χ0) is 13.8. The van der Waals surface area contributed by atoms with E-state index in [0.717, 1.165) is 21.8 Å². The second-order valence-electron chi connectivity index (χ2n) is 4.53. The lowest BCUT2D eigenvalue weighted by atomic mass is 10.00. The van der Waals surface area contributed by atoms with Crippen molar-refractivity contribution in [1.29, 1.82) is 0 Å². The van der Waals surface area contributed by atoms with Crippen molar-refractivity contribution in [3.63, 3.8) is 0 Å². The summed E-state index contributed by atoms with van der Waals surface area (Å²) in [7, 11) is 0. The first-order valence-electron chi connectivity index (χ1n) is 6.36. The van der Waals surface area contributed by atoms with E-state index in [0.29, 0.717) is 0 Å². The molecule has 0 aliphatic carbocycles. The highest BCUT2D eigenvalue weighted by Crippen LogP contribution is 2.33. The van der Waals surface area contributed by atoms with Gasteiger partial charge in [-0.3, -0.25) is 0 Å². The van der Waals surface area contributed by atoms with Crippen LogP contribution in [0.1, 0.15) is 35.4 Å². The molecular weight excluding hydrogens is 342 g/mol. The zero-order valence-corrected chi connectivity index (χ0v) is 14.2. The van der Waals surface area contributed by atoms with Gasteiger partial charge in [0, 0.05) is 9.35 Å². The van der Waals surface area contributed by atoms with Gasteiger partial charge in [0.2, 0.25) is 0 Å². The van der Waals surface area contributed by atoms with Crippen LogP contribution in [0.4, 0.5) is 0 Å². The van der Waals surface area contributed by atoms with Gasteiger partial charge in [-0.1, -0.05) is 40.5 Å². The van der Waals surface area contributed by atoms with E-state index >= 15 is 0 Å². The molecule has 1 N–H and O–H groups in total. The standard InChI is InChI=1S/C15H17BrClNS/c1-3-8-18-15(13-6-7-14(17)19-13)12-9-11(16)5-4-10(12)2/h4-7,9,15,18H,3,8H2,1-2H3. The van der Waals surface area contributed by atoms with E-state index in [2.05, 4.69) is 59.4 Å². The molecule has 1 heterocycles. The number of thiophene rings is 1. The van der Waals surface area contributed by atoms with E-state index in [1.54, 1.807) is 11.3 Å². The Balaban J connectivity index is 2.39. The number of hydrogen-bond acceptors (Lipinski definition) is 2. The molecule has 0 saturated heterocycles. The van der Waals surface area contributed by atoms with Crippen molar-refractivity contribution < 1.29 is 0 Å². The Morgan fingerprint density at radius 1 is 1.32 bits per heavy atom. The van der Waals surface area contributed by atoms with Crippen molar-refractivity contribution >= 4 is 38.9 Å². The molecule has 0 aliphatic heterocycles. The zero-order valence-electron chi connectivity index (χ0n) is 11.0. The maximum Gasteiger partial charge on any atom is 0.0931 e. The fourth-order valence-corrected chi connectivity index (χ4v) is 3.59. The van der Waals surface area contributed by atoms with Gasteiger partial charge in [-0.2, -0.15) is 0 Å². The Bertz CT molecular complexity index is 553. The van der Waals surface area contributed by atoms with Gasteiger partial charge in [0.25, 0.3) is 0 Å². The van der Waals surface area contributed by atoms with Crippen LogP contribution in [0.2, 0.25) is 4.34 Å². The van der Waals surface area contributed by atoms with Crippen molar-refractivity contribution in [2.75, 3.05) is 6.54 Å². The molecule has 1 aromatic carbocycles. The first-order chi connectivity index (χ1) is 9.11. The number of halogens is 2. The third kappa shape index (κ3) is 3.82. The van der Waals surface area contributed by atoms with Crippen molar-refractivity contribution in [1.82, 2.24) is 5.32 Å². The minimum atomic E-state index is 0.218. The van der Waals surface area contributed by atoms with Gasteiger partial charge in [0.15, 0.2) is 0 Å². The molecule has 0 amide bonds. The molecular formula is C15H17BrClNS. The molecule has 1 nitrogen and oxygen atoms in total. The molecule has 0 fully saturated rings. The summed E-state index contributed by atoms with van der Waals surface area (Å²) in [5.41, 5.74) is 2.60. The number of nitrogens with one attached hydrogen (secondary N) is 1. The lowest BCUT2D eigenvalue weighted by molar-refractivity contribution is 0.603. The quantitative estimate of drug-likeness (QED) is 0.737. The summed E-state index contributed by atoms with van der Waals surface area (Å²) >= 11 is 11.3. The fourth-order valence-electron chi connectivity index (χ4n) is 2.06. The van der Waals surface area contributed by atoms with Crippen LogP contribution in [0.25, 0.3) is 0 Å². The summed E-state index contributed by atoms with van der Waals surface area (Å²) < 4.78 is 1.95. The summed E-state index contributed by atoms with van der Waals surface area (Å²) in [6.07, 6.45) is 1.11. The highest BCUT2D eigenvalue weighted by molar-refractivity contribution is 9.10. The summed E-state index contributed by atoms with van der Waals surface area (Å²) in [5, 5.41) is 3.61. The van der Waals surface area contributed by atoms with E-state index in [1.165, 1.54) is 16.0 Å². The molecule has 4 heteroatoms. The van der Waals surface area contributed by atoms with Crippen molar-refractivity contribution in [3.8, 4) is 0 Å². The van der Waals surface area contributed by atoms with Gasteiger partial charge >= 0.3 is 0 Å². The van der Waals surface area contributed by atoms with E-state index in [-0.39, 0.29) is 6.04 Å². The summed E-state index contributed by atoms with van der Waals surface area (Å²) in [4.78, 5) is 1.26. The topological polar surface area (TPSA) is 12.0 Å². The molecule has 0 spiro atoms. The maximum atomic E-state index is 6.08. The predicted molar refractivity (Wildman–Crippen MR) is 88.3 cm³/mol. The average molecular weight is 359 g/mol. The van der Waals surface area contributed by atoms with E-state index in [1.807, 2.05) is 6.07 Å². The summed E-state index contributed by atoms with van der Waals surface area (Å²) in [6, 6.07) is 10.7. The molecule has 2 rings (SSSR count). The second-order valence-corrected chi connectivity index (χ2v) is 7.19. The van der Waals surface area contributed by atoms with Crippen LogP contribution in [0.15, 0.2) is 34.8 Å². The summed E-state index contributed by atoms with van der Waals surface area (Å²) in [5.74, 6) is 0. The van der Waals surface area contributed by atoms with Crippen LogP contribution in [0.3, 0.4) is 0 Å². The number of benzene rings is 1. The van der Waals surface area contributed by atoms with Gasteiger partial charge in [-0.25, -0.2) is 0 Å². The molecule has 1 atom stereocenters. The van der Waals surface area contributed by atoms with Crippen LogP contribution in [-0.2, 0) is 0 Å². The monoisotopic (exact) mass is 357 g/mol. The number of aryl methyl sites for hydroxylation is 1. The number of hydrogen-bond donors (Lipinski definition) is 1. The maximum absolute atomic E-state index is 6.08. The van der Waals surface area contributed by atoms with Crippen LogP contribution in [-0.4, -0.2) is 6.54 Å². The molecule has 2 aromatic rings. The molecule has 0 saturated carbocycles. The first-order valence-corrected chi connectivity index (χ1v) is 8.35. The first kappa shape index (κ1) is 15.0. The van der Waals surface area contributed by atoms with Gasteiger partial charge < -0.3 is 5.32 Å². The minimum absolute atomic E-state index is 0.218. The summed E-state index contributed by atoms with van der Waals surface area (Å²) in [6.45, 7) is 5.32. The molecule has 1 unspecified atom stereocenters. The highest BCUT2D eigenvalue weighted by Gasteiger charge is 2.17. The second kappa shape index (κ2) is 6.89. The Hall–Kier alpha value is -0.350. The lowest BCUT2D eigenvalue weighted by Crippen LogP contribution is -2.23. The van der Waals surface area contributed by atoms with E-state index in [4.69, 9.17) is 11.6 Å². The molecule has 0 radical (unpaired) electrons. The van der Waals surface area contributed by atoms with Gasteiger partial charge in [0.1, 0.15) is 0 Å². The van der Waals surface area contributed by atoms with Gasteiger partial charge in [0.05, 0.1) is 10.4 Å². The normalized spacial score (nSPS) is 12.6. The lowest BCUT2D eigenvalue weighted by Gasteiger charge is -2.20. The van der Waals surface area contributed by atoms with E-state index in [9.17, 15) is 0 Å². The SMILES string of the molecule is CCCNC(c1ccc(Cl)s1)c1cc(Br)ccc1C. The van der Waals surface area contributed by atoms with Crippen molar-refractivity contribution in [2.24, 2.45) is 0 Å². The molecule has 1 aromatic heterocycles. The van der Waals surface area contributed by atoms with E-state index < -0.39 is 0 Å². The Kier molecular flexibility index (Phi) is 5.46. The van der Waals surface area contributed by atoms with Crippen molar-refractivity contribution in [3.05, 3.63) is 55.1 Å². The van der Waals surface area contributed by atoms with Crippen LogP contribution in [0.5, 0.6) is 0 Å².